The van der Waals surface area contributed by atoms with Gasteiger partial charge in [0.2, 0.25) is 5.91 Å². The number of urea groups is 1. The fraction of sp³-hybridized carbons (Fsp3) is 0.364. The molecule has 0 radical (unpaired) electrons. The molecule has 1 atom stereocenters. The molecule has 0 saturated carbocycles. The molecule has 1 saturated heterocycles. The van der Waals surface area contributed by atoms with Gasteiger partial charge in [-0.15, -0.1) is 0 Å². The third-order valence-electron chi connectivity index (χ3n) is 5.92. The molecule has 170 valence electrons. The van der Waals surface area contributed by atoms with Crippen molar-refractivity contribution in [3.63, 3.8) is 0 Å². The van der Waals surface area contributed by atoms with Crippen molar-refractivity contribution in [3.8, 4) is 0 Å². The van der Waals surface area contributed by atoms with E-state index in [4.69, 9.17) is 0 Å². The summed E-state index contributed by atoms with van der Waals surface area (Å²) in [5.41, 5.74) is -0.699. The van der Waals surface area contributed by atoms with Crippen LogP contribution in [0.4, 0.5) is 25.0 Å². The van der Waals surface area contributed by atoms with Crippen LogP contribution in [-0.4, -0.2) is 44.4 Å². The van der Waals surface area contributed by atoms with E-state index < -0.39 is 39.9 Å². The van der Waals surface area contributed by atoms with Crippen molar-refractivity contribution in [2.45, 2.75) is 43.5 Å². The maximum atomic E-state index is 14.5. The zero-order valence-electron chi connectivity index (χ0n) is 17.5. The summed E-state index contributed by atoms with van der Waals surface area (Å²) in [4.78, 5) is 29.0. The first-order valence-corrected chi connectivity index (χ1v) is 11.9. The number of hydrogen-bond acceptors (Lipinski definition) is 4. The number of para-hydroxylation sites is 1. The van der Waals surface area contributed by atoms with E-state index in [0.717, 1.165) is 42.7 Å². The summed E-state index contributed by atoms with van der Waals surface area (Å²) in [5.74, 6) is -2.29. The van der Waals surface area contributed by atoms with Crippen LogP contribution in [0.15, 0.2) is 47.4 Å². The van der Waals surface area contributed by atoms with Crippen molar-refractivity contribution in [3.05, 3.63) is 54.1 Å². The van der Waals surface area contributed by atoms with Gasteiger partial charge in [-0.3, -0.25) is 9.69 Å². The Balaban J connectivity index is 1.78. The first-order chi connectivity index (χ1) is 15.3. The van der Waals surface area contributed by atoms with Gasteiger partial charge in [0.25, 0.3) is 10.0 Å². The summed E-state index contributed by atoms with van der Waals surface area (Å²) >= 11 is 0. The molecule has 0 aromatic heterocycles. The number of likely N-dealkylation sites (tertiary alicyclic amines) is 1. The van der Waals surface area contributed by atoms with E-state index >= 15 is 0 Å². The molecule has 32 heavy (non-hydrogen) atoms. The Morgan fingerprint density at radius 2 is 1.84 bits per heavy atom. The number of anilines is 2. The lowest BCUT2D eigenvalue weighted by Crippen LogP contribution is -2.55. The van der Waals surface area contributed by atoms with Crippen LogP contribution in [0.2, 0.25) is 0 Å². The number of carbonyl (C=O) groups excluding carboxylic acids is 2. The van der Waals surface area contributed by atoms with Crippen LogP contribution in [0, 0.1) is 11.6 Å². The van der Waals surface area contributed by atoms with E-state index in [1.807, 2.05) is 6.92 Å². The molecule has 10 heteroatoms. The highest BCUT2D eigenvalue weighted by Crippen LogP contribution is 2.38. The minimum atomic E-state index is -4.52. The van der Waals surface area contributed by atoms with E-state index in [0.29, 0.717) is 12.6 Å². The Morgan fingerprint density at radius 3 is 2.59 bits per heavy atom. The maximum Gasteiger partial charge on any atom is 0.343 e. The molecule has 1 fully saturated rings. The van der Waals surface area contributed by atoms with Crippen molar-refractivity contribution in [1.82, 2.24) is 4.90 Å². The highest BCUT2D eigenvalue weighted by molar-refractivity contribution is 7.94. The Labute approximate surface area is 185 Å². The Hall–Kier alpha value is -3.01. The third kappa shape index (κ3) is 3.72. The molecule has 2 aliphatic heterocycles. The predicted octanol–water partition coefficient (Wildman–Crippen LogP) is 3.89. The standard InChI is InChI=1S/C22H23F2N3O4S/c1-2-16-7-5-6-12-25(16)21(28)14-26-18-8-3-4-9-20(18)32(30,31)27(22(26)29)19-13-15(23)10-11-17(19)24/h3-4,8-11,13,16H,2,5-7,12,14H2,1H3/t16-/m0/s1. The molecule has 7 nitrogen and oxygen atoms in total. The van der Waals surface area contributed by atoms with Crippen LogP contribution >= 0.6 is 0 Å². The lowest BCUT2D eigenvalue weighted by atomic mass is 10.00. The van der Waals surface area contributed by atoms with Gasteiger partial charge >= 0.3 is 6.03 Å². The van der Waals surface area contributed by atoms with Crippen LogP contribution in [0.3, 0.4) is 0 Å². The average molecular weight is 464 g/mol. The molecule has 0 spiro atoms. The smallest absolute Gasteiger partial charge is 0.338 e. The summed E-state index contributed by atoms with van der Waals surface area (Å²) < 4.78 is 55.0. The fourth-order valence-electron chi connectivity index (χ4n) is 4.32. The first-order valence-electron chi connectivity index (χ1n) is 10.5. The number of benzene rings is 2. The molecular formula is C22H23F2N3O4S. The van der Waals surface area contributed by atoms with Crippen LogP contribution in [0.5, 0.6) is 0 Å². The van der Waals surface area contributed by atoms with E-state index in [2.05, 4.69) is 0 Å². The van der Waals surface area contributed by atoms with Crippen molar-refractivity contribution < 1.29 is 26.8 Å². The minimum absolute atomic E-state index is 0.0315. The van der Waals surface area contributed by atoms with Crippen LogP contribution in [0.1, 0.15) is 32.6 Å². The zero-order valence-corrected chi connectivity index (χ0v) is 18.3. The van der Waals surface area contributed by atoms with Crippen LogP contribution in [0.25, 0.3) is 0 Å². The minimum Gasteiger partial charge on any atom is -0.338 e. The maximum absolute atomic E-state index is 14.5. The van der Waals surface area contributed by atoms with Crippen LogP contribution in [-0.2, 0) is 14.8 Å². The molecule has 2 aromatic carbocycles. The molecule has 4 rings (SSSR count). The van der Waals surface area contributed by atoms with E-state index in [1.165, 1.54) is 18.2 Å². The van der Waals surface area contributed by atoms with Crippen molar-refractivity contribution in [2.24, 2.45) is 0 Å². The number of nitrogens with zero attached hydrogens (tertiary/aromatic N) is 3. The summed E-state index contributed by atoms with van der Waals surface area (Å²) in [6.07, 6.45) is 3.49. The van der Waals surface area contributed by atoms with Gasteiger partial charge in [-0.05, 0) is 49.9 Å². The van der Waals surface area contributed by atoms with Gasteiger partial charge in [0.05, 0.1) is 5.69 Å². The van der Waals surface area contributed by atoms with Gasteiger partial charge in [0.15, 0.2) is 0 Å². The molecule has 0 aliphatic carbocycles. The number of sulfonamides is 1. The Morgan fingerprint density at radius 1 is 1.09 bits per heavy atom. The Bertz CT molecular complexity index is 1170. The molecule has 2 aromatic rings. The monoisotopic (exact) mass is 463 g/mol. The van der Waals surface area contributed by atoms with Gasteiger partial charge in [-0.25, -0.2) is 22.0 Å². The molecular weight excluding hydrogens is 440 g/mol. The number of halogens is 2. The van der Waals surface area contributed by atoms with Crippen molar-refractivity contribution in [2.75, 3.05) is 22.3 Å². The number of fused-ring (bicyclic) bond motifs is 1. The zero-order chi connectivity index (χ0) is 23.0. The molecule has 3 amide bonds. The van der Waals surface area contributed by atoms with Crippen molar-refractivity contribution in [1.29, 1.82) is 0 Å². The molecule has 0 N–H and O–H groups in total. The van der Waals surface area contributed by atoms with Gasteiger partial charge in [-0.1, -0.05) is 19.1 Å². The highest BCUT2D eigenvalue weighted by atomic mass is 32.2. The second kappa shape index (κ2) is 8.50. The van der Waals surface area contributed by atoms with Gasteiger partial charge in [0, 0.05) is 18.7 Å². The molecule has 0 bridgehead atoms. The predicted molar refractivity (Wildman–Crippen MR) is 115 cm³/mol. The van der Waals surface area contributed by atoms with Crippen LogP contribution < -0.4 is 9.21 Å². The van der Waals surface area contributed by atoms with E-state index in [9.17, 15) is 26.8 Å². The second-order valence-electron chi connectivity index (χ2n) is 7.85. The highest BCUT2D eigenvalue weighted by Gasteiger charge is 2.44. The number of hydrogen-bond donors (Lipinski definition) is 0. The third-order valence-corrected chi connectivity index (χ3v) is 7.65. The number of rotatable bonds is 4. The quantitative estimate of drug-likeness (QED) is 0.689. The van der Waals surface area contributed by atoms with E-state index in [1.54, 1.807) is 11.0 Å². The number of carbonyl (C=O) groups is 2. The fourth-order valence-corrected chi connectivity index (χ4v) is 5.91. The molecule has 2 heterocycles. The van der Waals surface area contributed by atoms with E-state index in [-0.39, 0.29) is 26.8 Å². The van der Waals surface area contributed by atoms with Crippen molar-refractivity contribution >= 4 is 33.3 Å². The lowest BCUT2D eigenvalue weighted by molar-refractivity contribution is -0.133. The van der Waals surface area contributed by atoms with Gasteiger partial charge in [0.1, 0.15) is 28.8 Å². The topological polar surface area (TPSA) is 78.0 Å². The Kier molecular flexibility index (Phi) is 5.89. The van der Waals surface area contributed by atoms with Gasteiger partial charge in [-0.2, -0.15) is 4.31 Å². The summed E-state index contributed by atoms with van der Waals surface area (Å²) in [6, 6.07) is 6.85. The summed E-state index contributed by atoms with van der Waals surface area (Å²) in [6.45, 7) is 2.13. The molecule has 0 unspecified atom stereocenters. The molecule has 2 aliphatic rings. The first kappa shape index (κ1) is 22.2. The lowest BCUT2D eigenvalue weighted by Gasteiger charge is -2.39. The number of amides is 3. The average Bonchev–Trinajstić information content (AvgIpc) is 2.78. The summed E-state index contributed by atoms with van der Waals surface area (Å²) in [5, 5.41) is 0. The normalized spacial score (nSPS) is 20.3. The second-order valence-corrected chi connectivity index (χ2v) is 9.60. The van der Waals surface area contributed by atoms with Gasteiger partial charge < -0.3 is 4.90 Å². The number of piperidine rings is 1. The summed E-state index contributed by atoms with van der Waals surface area (Å²) in [7, 11) is -4.52. The largest absolute Gasteiger partial charge is 0.343 e. The SMILES string of the molecule is CC[C@H]1CCCCN1C(=O)CN1C(=O)N(c2cc(F)ccc2F)S(=O)(=O)c2ccccc21.